The minimum atomic E-state index is 0.142. The highest BCUT2D eigenvalue weighted by atomic mass is 16.5. The molecule has 1 N–H and O–H groups in total. The third kappa shape index (κ3) is 2.77. The highest BCUT2D eigenvalue weighted by molar-refractivity contribution is 5.95. The second-order valence-corrected chi connectivity index (χ2v) is 6.41. The highest BCUT2D eigenvalue weighted by Gasteiger charge is 2.40. The van der Waals surface area contributed by atoms with Gasteiger partial charge in [-0.05, 0) is 62.4 Å². The summed E-state index contributed by atoms with van der Waals surface area (Å²) in [6, 6.07) is 5.74. The molecule has 1 aromatic rings. The highest BCUT2D eigenvalue weighted by Crippen LogP contribution is 2.39. The Balaban J connectivity index is 1.74. The first kappa shape index (κ1) is 14.4. The molecule has 0 unspecified atom stereocenters. The van der Waals surface area contributed by atoms with Crippen LogP contribution in [0.1, 0.15) is 35.2 Å². The molecule has 1 spiro atoms. The zero-order valence-electron chi connectivity index (χ0n) is 12.9. The van der Waals surface area contributed by atoms with Crippen LogP contribution in [0.4, 0.5) is 0 Å². The summed E-state index contributed by atoms with van der Waals surface area (Å²) in [5.74, 6) is 0.931. The molecule has 0 bridgehead atoms. The normalized spacial score (nSPS) is 20.8. The summed E-state index contributed by atoms with van der Waals surface area (Å²) in [6.07, 6.45) is 3.52. The molecule has 0 atom stereocenters. The first-order chi connectivity index (χ1) is 10.1. The summed E-state index contributed by atoms with van der Waals surface area (Å²) in [6.45, 7) is 5.95. The second-order valence-electron chi connectivity index (χ2n) is 6.41. The van der Waals surface area contributed by atoms with Crippen LogP contribution in [0.3, 0.4) is 0 Å². The largest absolute Gasteiger partial charge is 0.496 e. The van der Waals surface area contributed by atoms with Crippen molar-refractivity contribution in [3.63, 3.8) is 0 Å². The average molecular weight is 288 g/mol. The fourth-order valence-electron chi connectivity index (χ4n) is 3.61. The summed E-state index contributed by atoms with van der Waals surface area (Å²) < 4.78 is 5.33. The van der Waals surface area contributed by atoms with Gasteiger partial charge in [0.1, 0.15) is 5.75 Å². The SMILES string of the molecule is COc1cc(C(=O)N2CCC3(CCNCC3)C2)ccc1C. The van der Waals surface area contributed by atoms with E-state index in [1.807, 2.05) is 30.0 Å². The van der Waals surface area contributed by atoms with Crippen molar-refractivity contribution >= 4 is 5.91 Å². The van der Waals surface area contributed by atoms with Crippen LogP contribution in [0.25, 0.3) is 0 Å². The van der Waals surface area contributed by atoms with Crippen molar-refractivity contribution in [2.24, 2.45) is 5.41 Å². The van der Waals surface area contributed by atoms with Gasteiger partial charge in [-0.2, -0.15) is 0 Å². The zero-order valence-corrected chi connectivity index (χ0v) is 12.9. The summed E-state index contributed by atoms with van der Waals surface area (Å²) in [7, 11) is 1.65. The molecule has 1 amide bonds. The Labute approximate surface area is 126 Å². The summed E-state index contributed by atoms with van der Waals surface area (Å²) >= 11 is 0. The van der Waals surface area contributed by atoms with E-state index in [-0.39, 0.29) is 5.91 Å². The molecule has 2 aliphatic rings. The molecular weight excluding hydrogens is 264 g/mol. The molecule has 0 aromatic heterocycles. The number of rotatable bonds is 2. The van der Waals surface area contributed by atoms with Gasteiger partial charge in [-0.15, -0.1) is 0 Å². The van der Waals surface area contributed by atoms with Crippen molar-refractivity contribution < 1.29 is 9.53 Å². The fourth-order valence-corrected chi connectivity index (χ4v) is 3.61. The number of ether oxygens (including phenoxy) is 1. The predicted octanol–water partition coefficient (Wildman–Crippen LogP) is 2.22. The molecule has 0 radical (unpaired) electrons. The lowest BCUT2D eigenvalue weighted by Crippen LogP contribution is -2.39. The smallest absolute Gasteiger partial charge is 0.254 e. The molecule has 4 heteroatoms. The van der Waals surface area contributed by atoms with Crippen molar-refractivity contribution in [1.82, 2.24) is 10.2 Å². The van der Waals surface area contributed by atoms with Gasteiger partial charge in [0.2, 0.25) is 0 Å². The van der Waals surface area contributed by atoms with Crippen LogP contribution in [0, 0.1) is 12.3 Å². The molecule has 2 heterocycles. The second kappa shape index (κ2) is 5.68. The molecule has 2 saturated heterocycles. The van der Waals surface area contributed by atoms with Crippen molar-refractivity contribution in [3.8, 4) is 5.75 Å². The Kier molecular flexibility index (Phi) is 3.89. The number of carbonyl (C=O) groups excluding carboxylic acids is 1. The van der Waals surface area contributed by atoms with Crippen LogP contribution in [0.2, 0.25) is 0 Å². The monoisotopic (exact) mass is 288 g/mol. The number of hydrogen-bond donors (Lipinski definition) is 1. The third-order valence-corrected chi connectivity index (χ3v) is 5.04. The number of nitrogens with one attached hydrogen (secondary N) is 1. The molecule has 1 aromatic carbocycles. The Morgan fingerprint density at radius 2 is 2.05 bits per heavy atom. The molecule has 2 aliphatic heterocycles. The van der Waals surface area contributed by atoms with E-state index in [1.165, 1.54) is 12.8 Å². The number of hydrogen-bond acceptors (Lipinski definition) is 3. The summed E-state index contributed by atoms with van der Waals surface area (Å²) in [4.78, 5) is 14.7. The maximum absolute atomic E-state index is 12.7. The Bertz CT molecular complexity index is 536. The van der Waals surface area contributed by atoms with Crippen LogP contribution < -0.4 is 10.1 Å². The number of methoxy groups -OCH3 is 1. The van der Waals surface area contributed by atoms with E-state index in [4.69, 9.17) is 4.74 Å². The molecule has 21 heavy (non-hydrogen) atoms. The van der Waals surface area contributed by atoms with Gasteiger partial charge in [-0.25, -0.2) is 0 Å². The van der Waals surface area contributed by atoms with Gasteiger partial charge < -0.3 is 15.0 Å². The van der Waals surface area contributed by atoms with E-state index in [1.54, 1.807) is 7.11 Å². The van der Waals surface area contributed by atoms with Crippen molar-refractivity contribution in [2.45, 2.75) is 26.2 Å². The fraction of sp³-hybridized carbons (Fsp3) is 0.588. The van der Waals surface area contributed by atoms with Crippen molar-refractivity contribution in [3.05, 3.63) is 29.3 Å². The number of nitrogens with zero attached hydrogens (tertiary/aromatic N) is 1. The predicted molar refractivity (Wildman–Crippen MR) is 82.8 cm³/mol. The maximum Gasteiger partial charge on any atom is 0.254 e. The average Bonchev–Trinajstić information content (AvgIpc) is 2.91. The molecule has 0 saturated carbocycles. The van der Waals surface area contributed by atoms with Crippen LogP contribution in [0.5, 0.6) is 5.75 Å². The van der Waals surface area contributed by atoms with Crippen molar-refractivity contribution in [1.29, 1.82) is 0 Å². The first-order valence-corrected chi connectivity index (χ1v) is 7.78. The third-order valence-electron chi connectivity index (χ3n) is 5.04. The van der Waals surface area contributed by atoms with Crippen LogP contribution in [0.15, 0.2) is 18.2 Å². The minimum Gasteiger partial charge on any atom is -0.496 e. The van der Waals surface area contributed by atoms with Gasteiger partial charge in [0.25, 0.3) is 5.91 Å². The number of piperidine rings is 1. The molecule has 2 fully saturated rings. The number of likely N-dealkylation sites (tertiary alicyclic amines) is 1. The number of aryl methyl sites for hydroxylation is 1. The standard InChI is InChI=1S/C17H24N2O2/c1-13-3-4-14(11-15(13)21-2)16(20)19-10-7-17(12-19)5-8-18-9-6-17/h3-4,11,18H,5-10,12H2,1-2H3. The minimum absolute atomic E-state index is 0.142. The van der Waals surface area contributed by atoms with Crippen LogP contribution in [-0.2, 0) is 0 Å². The van der Waals surface area contributed by atoms with Crippen LogP contribution in [-0.4, -0.2) is 44.1 Å². The quantitative estimate of drug-likeness (QED) is 0.907. The number of carbonyl (C=O) groups is 1. The Morgan fingerprint density at radius 3 is 2.76 bits per heavy atom. The number of benzene rings is 1. The van der Waals surface area contributed by atoms with Crippen molar-refractivity contribution in [2.75, 3.05) is 33.3 Å². The molecule has 3 rings (SSSR count). The topological polar surface area (TPSA) is 41.6 Å². The first-order valence-electron chi connectivity index (χ1n) is 7.78. The zero-order chi connectivity index (χ0) is 14.9. The van der Waals surface area contributed by atoms with E-state index in [2.05, 4.69) is 5.32 Å². The summed E-state index contributed by atoms with van der Waals surface area (Å²) in [5, 5.41) is 3.41. The van der Waals surface area contributed by atoms with Crippen LogP contribution >= 0.6 is 0 Å². The maximum atomic E-state index is 12.7. The van der Waals surface area contributed by atoms with E-state index < -0.39 is 0 Å². The lowest BCUT2D eigenvalue weighted by molar-refractivity contribution is 0.0761. The lowest BCUT2D eigenvalue weighted by atomic mass is 9.78. The van der Waals surface area contributed by atoms with E-state index in [9.17, 15) is 4.79 Å². The number of amides is 1. The molecular formula is C17H24N2O2. The van der Waals surface area contributed by atoms with Gasteiger partial charge in [-0.3, -0.25) is 4.79 Å². The van der Waals surface area contributed by atoms with Gasteiger partial charge in [0.15, 0.2) is 0 Å². The van der Waals surface area contributed by atoms with E-state index in [0.717, 1.165) is 49.5 Å². The Hall–Kier alpha value is -1.55. The molecule has 4 nitrogen and oxygen atoms in total. The van der Waals surface area contributed by atoms with Gasteiger partial charge in [0, 0.05) is 18.7 Å². The van der Waals surface area contributed by atoms with E-state index in [0.29, 0.717) is 5.41 Å². The lowest BCUT2D eigenvalue weighted by Gasteiger charge is -2.33. The Morgan fingerprint density at radius 1 is 1.29 bits per heavy atom. The van der Waals surface area contributed by atoms with Gasteiger partial charge in [0.05, 0.1) is 7.11 Å². The van der Waals surface area contributed by atoms with Gasteiger partial charge >= 0.3 is 0 Å². The molecule has 0 aliphatic carbocycles. The summed E-state index contributed by atoms with van der Waals surface area (Å²) in [5.41, 5.74) is 2.16. The van der Waals surface area contributed by atoms with E-state index >= 15 is 0 Å². The molecule has 114 valence electrons. The van der Waals surface area contributed by atoms with Gasteiger partial charge in [-0.1, -0.05) is 6.07 Å².